The Morgan fingerprint density at radius 3 is 2.46 bits per heavy atom. The molecule has 0 radical (unpaired) electrons. The first kappa shape index (κ1) is 18.3. The van der Waals surface area contributed by atoms with Crippen molar-refractivity contribution >= 4 is 39.2 Å². The number of rotatable bonds is 3. The number of amides is 2. The third-order valence-electron chi connectivity index (χ3n) is 4.98. The van der Waals surface area contributed by atoms with Crippen LogP contribution >= 0.6 is 11.5 Å². The monoisotopic (exact) mass is 393 g/mol. The maximum Gasteiger partial charge on any atom is 0.297 e. The van der Waals surface area contributed by atoms with Gasteiger partial charge in [-0.1, -0.05) is 36.4 Å². The van der Waals surface area contributed by atoms with E-state index in [1.165, 1.54) is 11.5 Å². The van der Waals surface area contributed by atoms with Gasteiger partial charge in [-0.15, -0.1) is 0 Å². The fourth-order valence-corrected chi connectivity index (χ4v) is 4.26. The Morgan fingerprint density at radius 1 is 1.00 bits per heavy atom. The van der Waals surface area contributed by atoms with Crippen molar-refractivity contribution in [3.05, 3.63) is 65.9 Å². The Kier molecular flexibility index (Phi) is 4.92. The van der Waals surface area contributed by atoms with Gasteiger partial charge in [-0.25, -0.2) is 0 Å². The Hall–Kier alpha value is -3.06. The molecule has 1 unspecified atom stereocenters. The average molecular weight is 393 g/mol. The summed E-state index contributed by atoms with van der Waals surface area (Å²) < 4.78 is 5.08. The van der Waals surface area contributed by atoms with Gasteiger partial charge < -0.3 is 9.80 Å². The standard InChI is InChI=1S/C21H19N3O3S/c1-14-13-23(20(26)15-7-3-2-4-8-15)11-12-24(14)21(27)19(25)18-16-9-5-6-10-17(16)28-22-18/h2-10,14H,11-13H2,1H3. The molecule has 142 valence electrons. The van der Waals surface area contributed by atoms with Crippen molar-refractivity contribution in [2.75, 3.05) is 19.6 Å². The number of hydrogen-bond acceptors (Lipinski definition) is 5. The molecular formula is C21H19N3O3S. The van der Waals surface area contributed by atoms with Crippen molar-refractivity contribution in [3.8, 4) is 0 Å². The molecule has 4 rings (SSSR count). The summed E-state index contributed by atoms with van der Waals surface area (Å²) in [6, 6.07) is 16.2. The molecule has 2 heterocycles. The van der Waals surface area contributed by atoms with Gasteiger partial charge in [-0.2, -0.15) is 4.37 Å². The van der Waals surface area contributed by atoms with Crippen LogP contribution in [0.1, 0.15) is 27.8 Å². The quantitative estimate of drug-likeness (QED) is 0.507. The van der Waals surface area contributed by atoms with Crippen LogP contribution in [0.3, 0.4) is 0 Å². The van der Waals surface area contributed by atoms with Crippen molar-refractivity contribution in [1.82, 2.24) is 14.2 Å². The smallest absolute Gasteiger partial charge is 0.297 e. The van der Waals surface area contributed by atoms with Gasteiger partial charge in [-0.05, 0) is 36.7 Å². The van der Waals surface area contributed by atoms with Gasteiger partial charge in [-0.3, -0.25) is 14.4 Å². The Morgan fingerprint density at radius 2 is 1.71 bits per heavy atom. The highest BCUT2D eigenvalue weighted by Crippen LogP contribution is 2.24. The van der Waals surface area contributed by atoms with Crippen LogP contribution in [0.15, 0.2) is 54.6 Å². The first-order valence-corrected chi connectivity index (χ1v) is 9.87. The highest BCUT2D eigenvalue weighted by atomic mass is 32.1. The van der Waals surface area contributed by atoms with Gasteiger partial charge in [0, 0.05) is 36.6 Å². The van der Waals surface area contributed by atoms with E-state index in [4.69, 9.17) is 0 Å². The minimum atomic E-state index is -0.591. The van der Waals surface area contributed by atoms with Gasteiger partial charge in [0.25, 0.3) is 17.6 Å². The van der Waals surface area contributed by atoms with E-state index in [1.807, 2.05) is 43.3 Å². The number of benzene rings is 2. The zero-order chi connectivity index (χ0) is 19.7. The van der Waals surface area contributed by atoms with Crippen molar-refractivity contribution < 1.29 is 14.4 Å². The average Bonchev–Trinajstić information content (AvgIpc) is 3.17. The van der Waals surface area contributed by atoms with E-state index < -0.39 is 11.7 Å². The van der Waals surface area contributed by atoms with E-state index in [0.29, 0.717) is 30.6 Å². The molecule has 0 aliphatic carbocycles. The number of nitrogens with zero attached hydrogens (tertiary/aromatic N) is 3. The fourth-order valence-electron chi connectivity index (χ4n) is 3.49. The lowest BCUT2D eigenvalue weighted by atomic mass is 10.1. The van der Waals surface area contributed by atoms with Crippen LogP contribution < -0.4 is 0 Å². The number of ketones is 1. The number of hydrogen-bond donors (Lipinski definition) is 0. The van der Waals surface area contributed by atoms with Crippen LogP contribution in [-0.2, 0) is 4.79 Å². The number of fused-ring (bicyclic) bond motifs is 1. The second-order valence-electron chi connectivity index (χ2n) is 6.82. The lowest BCUT2D eigenvalue weighted by Gasteiger charge is -2.39. The third kappa shape index (κ3) is 3.29. The molecule has 28 heavy (non-hydrogen) atoms. The SMILES string of the molecule is CC1CN(C(=O)c2ccccc2)CCN1C(=O)C(=O)c1nsc2ccccc12. The number of piperazine rings is 1. The molecule has 1 fully saturated rings. The zero-order valence-electron chi connectivity index (χ0n) is 15.4. The predicted octanol–water partition coefficient (Wildman–Crippen LogP) is 2.85. The minimum Gasteiger partial charge on any atom is -0.335 e. The van der Waals surface area contributed by atoms with Gasteiger partial charge in [0.05, 0.1) is 4.70 Å². The van der Waals surface area contributed by atoms with E-state index >= 15 is 0 Å². The Balaban J connectivity index is 1.48. The van der Waals surface area contributed by atoms with Crippen LogP contribution in [0.2, 0.25) is 0 Å². The zero-order valence-corrected chi connectivity index (χ0v) is 16.2. The summed E-state index contributed by atoms with van der Waals surface area (Å²) in [5.41, 5.74) is 0.833. The molecule has 1 aliphatic heterocycles. The van der Waals surface area contributed by atoms with Crippen LogP contribution in [0.5, 0.6) is 0 Å². The Labute approximate surface area is 166 Å². The molecular weight excluding hydrogens is 374 g/mol. The van der Waals surface area contributed by atoms with Gasteiger partial charge >= 0.3 is 0 Å². The molecule has 0 bridgehead atoms. The van der Waals surface area contributed by atoms with Crippen LogP contribution in [0, 0.1) is 0 Å². The molecule has 1 atom stereocenters. The molecule has 6 nitrogen and oxygen atoms in total. The summed E-state index contributed by atoms with van der Waals surface area (Å²) in [7, 11) is 0. The summed E-state index contributed by atoms with van der Waals surface area (Å²) in [5.74, 6) is -1.21. The Bertz CT molecular complexity index is 1050. The first-order valence-electron chi connectivity index (χ1n) is 9.10. The lowest BCUT2D eigenvalue weighted by Crippen LogP contribution is -2.56. The van der Waals surface area contributed by atoms with Crippen molar-refractivity contribution in [1.29, 1.82) is 0 Å². The summed E-state index contributed by atoms with van der Waals surface area (Å²) in [5, 5.41) is 0.705. The van der Waals surface area contributed by atoms with E-state index in [2.05, 4.69) is 4.37 Å². The van der Waals surface area contributed by atoms with Crippen LogP contribution in [0.25, 0.3) is 10.1 Å². The van der Waals surface area contributed by atoms with E-state index in [9.17, 15) is 14.4 Å². The molecule has 2 amide bonds. The summed E-state index contributed by atoms with van der Waals surface area (Å²) >= 11 is 1.21. The number of carbonyl (C=O) groups excluding carboxylic acids is 3. The number of Topliss-reactive ketones (excluding diaryl/α,β-unsaturated/α-hetero) is 1. The number of aromatic nitrogens is 1. The van der Waals surface area contributed by atoms with Gasteiger partial charge in [0.1, 0.15) is 5.69 Å². The highest BCUT2D eigenvalue weighted by Gasteiger charge is 2.34. The minimum absolute atomic E-state index is 0.0589. The van der Waals surface area contributed by atoms with Crippen molar-refractivity contribution in [2.45, 2.75) is 13.0 Å². The predicted molar refractivity (Wildman–Crippen MR) is 107 cm³/mol. The largest absolute Gasteiger partial charge is 0.335 e. The van der Waals surface area contributed by atoms with Gasteiger partial charge in [0.15, 0.2) is 0 Å². The summed E-state index contributed by atoms with van der Waals surface area (Å²) in [6.07, 6.45) is 0. The van der Waals surface area contributed by atoms with E-state index in [0.717, 1.165) is 4.70 Å². The maximum atomic E-state index is 12.8. The number of carbonyl (C=O) groups is 3. The molecule has 1 aromatic heterocycles. The van der Waals surface area contributed by atoms with Crippen LogP contribution in [-0.4, -0.2) is 57.4 Å². The molecule has 1 aliphatic rings. The summed E-state index contributed by atoms with van der Waals surface area (Å²) in [4.78, 5) is 41.5. The molecule has 1 saturated heterocycles. The molecule has 0 saturated carbocycles. The van der Waals surface area contributed by atoms with Crippen molar-refractivity contribution in [3.63, 3.8) is 0 Å². The maximum absolute atomic E-state index is 12.8. The molecule has 7 heteroatoms. The lowest BCUT2D eigenvalue weighted by molar-refractivity contribution is -0.130. The van der Waals surface area contributed by atoms with E-state index in [-0.39, 0.29) is 17.6 Å². The second kappa shape index (κ2) is 7.52. The fraction of sp³-hybridized carbons (Fsp3) is 0.238. The molecule has 0 N–H and O–H groups in total. The highest BCUT2D eigenvalue weighted by molar-refractivity contribution is 7.13. The van der Waals surface area contributed by atoms with Crippen LogP contribution in [0.4, 0.5) is 0 Å². The molecule has 0 spiro atoms. The topological polar surface area (TPSA) is 70.6 Å². The normalized spacial score (nSPS) is 17.0. The summed E-state index contributed by atoms with van der Waals surface area (Å²) in [6.45, 7) is 2.97. The second-order valence-corrected chi connectivity index (χ2v) is 7.63. The molecule has 2 aromatic carbocycles. The van der Waals surface area contributed by atoms with E-state index in [1.54, 1.807) is 28.0 Å². The molecule has 3 aromatic rings. The van der Waals surface area contributed by atoms with Crippen molar-refractivity contribution in [2.24, 2.45) is 0 Å². The van der Waals surface area contributed by atoms with Gasteiger partial charge in [0.2, 0.25) is 0 Å². The first-order chi connectivity index (χ1) is 13.6. The third-order valence-corrected chi connectivity index (χ3v) is 5.81.